The zero-order valence-electron chi connectivity index (χ0n) is 16.0. The van der Waals surface area contributed by atoms with Crippen LogP contribution in [-0.4, -0.2) is 31.0 Å². The van der Waals surface area contributed by atoms with E-state index in [1.54, 1.807) is 48.8 Å². The Morgan fingerprint density at radius 3 is 1.66 bits per heavy atom. The Hall–Kier alpha value is -4.18. The first-order chi connectivity index (χ1) is 14.0. The van der Waals surface area contributed by atoms with Gasteiger partial charge in [-0.3, -0.25) is 0 Å². The van der Waals surface area contributed by atoms with Crippen molar-refractivity contribution < 1.29 is 9.90 Å². The summed E-state index contributed by atoms with van der Waals surface area (Å²) in [6.07, 6.45) is 3.52. The second kappa shape index (κ2) is 8.67. The second-order valence-electron chi connectivity index (χ2n) is 6.34. The topological polar surface area (TPSA) is 118 Å². The number of aromatic amines is 2. The van der Waals surface area contributed by atoms with Crippen molar-refractivity contribution in [2.45, 2.75) is 13.8 Å². The second-order valence-corrected chi connectivity index (χ2v) is 6.34. The molecule has 2 heterocycles. The lowest BCUT2D eigenvalue weighted by molar-refractivity contribution is 0.0697. The van der Waals surface area contributed by atoms with Crippen LogP contribution in [-0.2, 0) is 0 Å². The number of carboxylic acids is 1. The molecule has 4 rings (SSSR count). The SMILES string of the molecule is Cc1ncc(-c2ccc(C#N)cc2)[nH]1.Cc1ncc(-c2ccc(C(=O)O)cc2)[nH]1. The molecule has 2 aromatic carbocycles. The van der Waals surface area contributed by atoms with Crippen molar-refractivity contribution in [3.8, 4) is 28.6 Å². The molecule has 0 fully saturated rings. The van der Waals surface area contributed by atoms with Crippen LogP contribution >= 0.6 is 0 Å². The van der Waals surface area contributed by atoms with Gasteiger partial charge in [0.1, 0.15) is 11.6 Å². The lowest BCUT2D eigenvalue weighted by Gasteiger charge is -1.98. The quantitative estimate of drug-likeness (QED) is 0.485. The number of hydrogen-bond donors (Lipinski definition) is 3. The predicted octanol–water partition coefficient (Wildman–Crippen LogP) is 4.34. The molecule has 0 aliphatic heterocycles. The smallest absolute Gasteiger partial charge is 0.335 e. The number of nitriles is 1. The normalized spacial score (nSPS) is 9.97. The van der Waals surface area contributed by atoms with E-state index in [4.69, 9.17) is 10.4 Å². The fraction of sp³-hybridized carbons (Fsp3) is 0.0909. The number of imidazole rings is 2. The van der Waals surface area contributed by atoms with Crippen molar-refractivity contribution >= 4 is 5.97 Å². The Morgan fingerprint density at radius 1 is 0.862 bits per heavy atom. The molecule has 0 atom stereocenters. The van der Waals surface area contributed by atoms with Crippen molar-refractivity contribution in [1.29, 1.82) is 5.26 Å². The summed E-state index contributed by atoms with van der Waals surface area (Å²) in [6.45, 7) is 3.78. The summed E-state index contributed by atoms with van der Waals surface area (Å²) in [5.74, 6) is 0.819. The highest BCUT2D eigenvalue weighted by Crippen LogP contribution is 2.18. The number of aryl methyl sites for hydroxylation is 2. The number of nitrogens with zero attached hydrogens (tertiary/aromatic N) is 3. The summed E-state index contributed by atoms with van der Waals surface area (Å²) >= 11 is 0. The molecule has 0 amide bonds. The van der Waals surface area contributed by atoms with Crippen molar-refractivity contribution in [2.24, 2.45) is 0 Å². The van der Waals surface area contributed by atoms with Crippen LogP contribution < -0.4 is 0 Å². The Bertz CT molecular complexity index is 1150. The zero-order chi connectivity index (χ0) is 20.8. The first-order valence-electron chi connectivity index (χ1n) is 8.84. The maximum absolute atomic E-state index is 10.6. The molecule has 2 aromatic heterocycles. The average molecular weight is 385 g/mol. The summed E-state index contributed by atoms with van der Waals surface area (Å²) in [5.41, 5.74) is 4.81. The number of carboxylic acid groups (broad SMARTS) is 1. The summed E-state index contributed by atoms with van der Waals surface area (Å²) in [6, 6.07) is 16.2. The molecule has 7 nitrogen and oxygen atoms in total. The highest BCUT2D eigenvalue weighted by Gasteiger charge is 2.04. The monoisotopic (exact) mass is 385 g/mol. The van der Waals surface area contributed by atoms with E-state index in [0.717, 1.165) is 34.2 Å². The van der Waals surface area contributed by atoms with Crippen LogP contribution in [0.25, 0.3) is 22.5 Å². The highest BCUT2D eigenvalue weighted by atomic mass is 16.4. The van der Waals surface area contributed by atoms with E-state index >= 15 is 0 Å². The minimum Gasteiger partial charge on any atom is -0.478 e. The molecule has 3 N–H and O–H groups in total. The van der Waals surface area contributed by atoms with Crippen molar-refractivity contribution in [2.75, 3.05) is 0 Å². The number of aromatic nitrogens is 4. The zero-order valence-corrected chi connectivity index (χ0v) is 16.0. The predicted molar refractivity (Wildman–Crippen MR) is 109 cm³/mol. The van der Waals surface area contributed by atoms with Gasteiger partial charge in [0.05, 0.1) is 41.0 Å². The molecule has 0 saturated carbocycles. The fourth-order valence-corrected chi connectivity index (χ4v) is 2.65. The van der Waals surface area contributed by atoms with Gasteiger partial charge in [-0.05, 0) is 49.2 Å². The Kier molecular flexibility index (Phi) is 5.85. The first kappa shape index (κ1) is 19.6. The number of hydrogen-bond acceptors (Lipinski definition) is 4. The Labute approximate surface area is 167 Å². The van der Waals surface area contributed by atoms with E-state index in [1.165, 1.54) is 0 Å². The largest absolute Gasteiger partial charge is 0.478 e. The number of aromatic carboxylic acids is 1. The van der Waals surface area contributed by atoms with Crippen molar-refractivity contribution in [3.63, 3.8) is 0 Å². The molecular formula is C22H19N5O2. The van der Waals surface area contributed by atoms with E-state index in [1.807, 2.05) is 26.0 Å². The van der Waals surface area contributed by atoms with Gasteiger partial charge < -0.3 is 15.1 Å². The lowest BCUT2D eigenvalue weighted by Crippen LogP contribution is -1.94. The molecular weight excluding hydrogens is 366 g/mol. The minimum absolute atomic E-state index is 0.287. The number of carbonyl (C=O) groups is 1. The molecule has 0 radical (unpaired) electrons. The molecule has 0 aliphatic carbocycles. The van der Waals surface area contributed by atoms with Crippen molar-refractivity contribution in [1.82, 2.24) is 19.9 Å². The maximum Gasteiger partial charge on any atom is 0.335 e. The third-order valence-corrected chi connectivity index (χ3v) is 4.17. The van der Waals surface area contributed by atoms with E-state index in [2.05, 4.69) is 26.0 Å². The first-order valence-corrected chi connectivity index (χ1v) is 8.84. The minimum atomic E-state index is -0.914. The third-order valence-electron chi connectivity index (χ3n) is 4.17. The van der Waals surface area contributed by atoms with Crippen LogP contribution in [0.15, 0.2) is 60.9 Å². The van der Waals surface area contributed by atoms with Crippen LogP contribution in [0, 0.1) is 25.2 Å². The van der Waals surface area contributed by atoms with Gasteiger partial charge in [0.2, 0.25) is 0 Å². The lowest BCUT2D eigenvalue weighted by atomic mass is 10.1. The Balaban J connectivity index is 0.000000166. The van der Waals surface area contributed by atoms with E-state index in [9.17, 15) is 4.79 Å². The highest BCUT2D eigenvalue weighted by molar-refractivity contribution is 5.88. The summed E-state index contributed by atoms with van der Waals surface area (Å²) in [5, 5.41) is 17.4. The van der Waals surface area contributed by atoms with Crippen LogP contribution in [0.5, 0.6) is 0 Å². The Morgan fingerprint density at radius 2 is 1.31 bits per heavy atom. The molecule has 0 spiro atoms. The van der Waals surface area contributed by atoms with Gasteiger partial charge in [0.25, 0.3) is 0 Å². The fourth-order valence-electron chi connectivity index (χ4n) is 2.65. The number of rotatable bonds is 3. The van der Waals surface area contributed by atoms with Gasteiger partial charge in [-0.1, -0.05) is 24.3 Å². The maximum atomic E-state index is 10.6. The van der Waals surface area contributed by atoms with Crippen LogP contribution in [0.3, 0.4) is 0 Å². The number of H-pyrrole nitrogens is 2. The molecule has 0 aliphatic rings. The number of benzene rings is 2. The van der Waals surface area contributed by atoms with E-state index < -0.39 is 5.97 Å². The van der Waals surface area contributed by atoms with Gasteiger partial charge in [0, 0.05) is 0 Å². The summed E-state index contributed by atoms with van der Waals surface area (Å²) < 4.78 is 0. The van der Waals surface area contributed by atoms with Gasteiger partial charge in [-0.2, -0.15) is 5.26 Å². The van der Waals surface area contributed by atoms with Crippen LogP contribution in [0.4, 0.5) is 0 Å². The standard InChI is InChI=1S/C11H9N3.C11H10N2O2/c1-8-13-7-11(14-8)10-4-2-9(6-12)3-5-10;1-7-12-6-10(13-7)8-2-4-9(5-3-8)11(14)15/h2-5,7H,1H3,(H,13,14);2-6H,1H3,(H,12,13)(H,14,15). The molecule has 0 bridgehead atoms. The van der Waals surface area contributed by atoms with Gasteiger partial charge in [-0.25, -0.2) is 14.8 Å². The average Bonchev–Trinajstić information content (AvgIpc) is 3.37. The van der Waals surface area contributed by atoms with Crippen LogP contribution in [0.1, 0.15) is 27.6 Å². The van der Waals surface area contributed by atoms with Gasteiger partial charge >= 0.3 is 5.97 Å². The summed E-state index contributed by atoms with van der Waals surface area (Å²) in [7, 11) is 0. The van der Waals surface area contributed by atoms with Crippen molar-refractivity contribution in [3.05, 3.63) is 83.7 Å². The molecule has 29 heavy (non-hydrogen) atoms. The molecule has 0 unspecified atom stereocenters. The van der Waals surface area contributed by atoms with Gasteiger partial charge in [0.15, 0.2) is 0 Å². The van der Waals surface area contributed by atoms with Crippen LogP contribution in [0.2, 0.25) is 0 Å². The van der Waals surface area contributed by atoms with Gasteiger partial charge in [-0.15, -0.1) is 0 Å². The third kappa shape index (κ3) is 4.96. The molecule has 0 saturated heterocycles. The molecule has 4 aromatic rings. The summed E-state index contributed by atoms with van der Waals surface area (Å²) in [4.78, 5) is 25.0. The van der Waals surface area contributed by atoms with E-state index in [-0.39, 0.29) is 5.56 Å². The molecule has 144 valence electrons. The van der Waals surface area contributed by atoms with E-state index in [0.29, 0.717) is 5.56 Å². The number of nitrogens with one attached hydrogen (secondary N) is 2. The molecule has 7 heteroatoms.